The molecule has 112 valence electrons. The predicted octanol–water partition coefficient (Wildman–Crippen LogP) is 4.32. The van der Waals surface area contributed by atoms with E-state index >= 15 is 0 Å². The molecule has 1 rings (SSSR count). The number of hydrogen-bond acceptors (Lipinski definition) is 3. The maximum absolute atomic E-state index is 13.0. The standard InChI is InChI=1S/C15H16F3N3/c1-14(2,6-3-7-19)10-21-13-5-4-11(9-20)8-12(13)15(16,17)18/h4-5,8,21H,3,6,10H2,1-2H3. The number of anilines is 1. The summed E-state index contributed by atoms with van der Waals surface area (Å²) < 4.78 is 39.0. The van der Waals surface area contributed by atoms with Crippen molar-refractivity contribution in [3.05, 3.63) is 29.3 Å². The zero-order valence-corrected chi connectivity index (χ0v) is 11.9. The van der Waals surface area contributed by atoms with Gasteiger partial charge >= 0.3 is 6.18 Å². The minimum atomic E-state index is -4.52. The smallest absolute Gasteiger partial charge is 0.384 e. The Hall–Kier alpha value is -2.21. The average molecular weight is 295 g/mol. The SMILES string of the molecule is CC(C)(CCC#N)CNc1ccc(C#N)cc1C(F)(F)F. The van der Waals surface area contributed by atoms with Crippen LogP contribution in [-0.2, 0) is 6.18 Å². The van der Waals surface area contributed by atoms with E-state index in [4.69, 9.17) is 10.5 Å². The first-order chi connectivity index (χ1) is 9.69. The van der Waals surface area contributed by atoms with Gasteiger partial charge in [-0.15, -0.1) is 0 Å². The zero-order valence-electron chi connectivity index (χ0n) is 11.9. The van der Waals surface area contributed by atoms with Gasteiger partial charge in [-0.05, 0) is 30.0 Å². The highest BCUT2D eigenvalue weighted by Crippen LogP contribution is 2.36. The van der Waals surface area contributed by atoms with Crippen LogP contribution in [0, 0.1) is 28.1 Å². The van der Waals surface area contributed by atoms with E-state index in [1.807, 2.05) is 19.9 Å². The van der Waals surface area contributed by atoms with Crippen LogP contribution >= 0.6 is 0 Å². The molecule has 1 aromatic carbocycles. The van der Waals surface area contributed by atoms with Gasteiger partial charge in [-0.1, -0.05) is 13.8 Å². The van der Waals surface area contributed by atoms with Crippen LogP contribution in [0.4, 0.5) is 18.9 Å². The highest BCUT2D eigenvalue weighted by Gasteiger charge is 2.34. The van der Waals surface area contributed by atoms with E-state index in [0.717, 1.165) is 6.07 Å². The minimum Gasteiger partial charge on any atom is -0.384 e. The molecule has 0 bridgehead atoms. The molecule has 0 saturated carbocycles. The van der Waals surface area contributed by atoms with Crippen molar-refractivity contribution in [2.45, 2.75) is 32.9 Å². The average Bonchev–Trinajstić information content (AvgIpc) is 2.42. The first kappa shape index (κ1) is 16.8. The Balaban J connectivity index is 2.94. The van der Waals surface area contributed by atoms with Crippen LogP contribution in [0.1, 0.15) is 37.8 Å². The van der Waals surface area contributed by atoms with E-state index in [1.165, 1.54) is 12.1 Å². The van der Waals surface area contributed by atoms with Crippen LogP contribution in [0.5, 0.6) is 0 Å². The number of halogens is 3. The number of rotatable bonds is 5. The second kappa shape index (κ2) is 6.49. The van der Waals surface area contributed by atoms with Crippen molar-refractivity contribution in [1.82, 2.24) is 0 Å². The molecule has 3 nitrogen and oxygen atoms in total. The van der Waals surface area contributed by atoms with Gasteiger partial charge in [0.15, 0.2) is 0 Å². The molecular weight excluding hydrogens is 279 g/mol. The van der Waals surface area contributed by atoms with Gasteiger partial charge in [0, 0.05) is 18.7 Å². The lowest BCUT2D eigenvalue weighted by Gasteiger charge is -2.25. The molecule has 0 aliphatic carbocycles. The molecular formula is C15H16F3N3. The fourth-order valence-corrected chi connectivity index (χ4v) is 1.82. The lowest BCUT2D eigenvalue weighted by Crippen LogP contribution is -2.24. The number of alkyl halides is 3. The Kier molecular flexibility index (Phi) is 5.21. The number of nitrogens with one attached hydrogen (secondary N) is 1. The molecule has 1 aromatic rings. The van der Waals surface area contributed by atoms with Crippen molar-refractivity contribution in [1.29, 1.82) is 10.5 Å². The van der Waals surface area contributed by atoms with E-state index in [2.05, 4.69) is 5.32 Å². The minimum absolute atomic E-state index is 0.0309. The molecule has 0 aromatic heterocycles. The van der Waals surface area contributed by atoms with E-state index in [-0.39, 0.29) is 16.7 Å². The van der Waals surface area contributed by atoms with Crippen molar-refractivity contribution in [3.63, 3.8) is 0 Å². The van der Waals surface area contributed by atoms with Crippen LogP contribution in [0.15, 0.2) is 18.2 Å². The molecule has 0 aliphatic heterocycles. The number of nitrogens with zero attached hydrogens (tertiary/aromatic N) is 2. The zero-order chi connectivity index (χ0) is 16.1. The Bertz CT molecular complexity index is 577. The lowest BCUT2D eigenvalue weighted by atomic mass is 9.88. The van der Waals surface area contributed by atoms with Gasteiger partial charge in [0.25, 0.3) is 0 Å². The van der Waals surface area contributed by atoms with Crippen LogP contribution < -0.4 is 5.32 Å². The maximum Gasteiger partial charge on any atom is 0.418 e. The summed E-state index contributed by atoms with van der Waals surface area (Å²) in [7, 11) is 0. The van der Waals surface area contributed by atoms with Crippen LogP contribution in [0.25, 0.3) is 0 Å². The number of nitriles is 2. The summed E-state index contributed by atoms with van der Waals surface area (Å²) in [6.45, 7) is 4.08. The number of benzene rings is 1. The molecule has 6 heteroatoms. The first-order valence-corrected chi connectivity index (χ1v) is 6.42. The lowest BCUT2D eigenvalue weighted by molar-refractivity contribution is -0.137. The number of hydrogen-bond donors (Lipinski definition) is 1. The largest absolute Gasteiger partial charge is 0.418 e. The van der Waals surface area contributed by atoms with Crippen LogP contribution in [0.2, 0.25) is 0 Å². The highest BCUT2D eigenvalue weighted by molar-refractivity contribution is 5.56. The molecule has 0 heterocycles. The Morgan fingerprint density at radius 3 is 2.38 bits per heavy atom. The van der Waals surface area contributed by atoms with Gasteiger partial charge in [-0.2, -0.15) is 23.7 Å². The first-order valence-electron chi connectivity index (χ1n) is 6.42. The fourth-order valence-electron chi connectivity index (χ4n) is 1.82. The van der Waals surface area contributed by atoms with Gasteiger partial charge in [0.1, 0.15) is 0 Å². The molecule has 0 saturated heterocycles. The van der Waals surface area contributed by atoms with Crippen molar-refractivity contribution in [3.8, 4) is 12.1 Å². The summed E-state index contributed by atoms with van der Waals surface area (Å²) in [6, 6.07) is 7.18. The molecule has 0 unspecified atom stereocenters. The van der Waals surface area contributed by atoms with Gasteiger partial charge in [-0.3, -0.25) is 0 Å². The van der Waals surface area contributed by atoms with Crippen molar-refractivity contribution in [2.24, 2.45) is 5.41 Å². The Labute approximate surface area is 122 Å². The third-order valence-corrected chi connectivity index (χ3v) is 3.13. The van der Waals surface area contributed by atoms with Crippen molar-refractivity contribution in [2.75, 3.05) is 11.9 Å². The van der Waals surface area contributed by atoms with Crippen molar-refractivity contribution >= 4 is 5.69 Å². The molecule has 0 spiro atoms. The molecule has 0 fully saturated rings. The predicted molar refractivity (Wildman–Crippen MR) is 73.3 cm³/mol. The summed E-state index contributed by atoms with van der Waals surface area (Å²) in [6.07, 6.45) is -3.58. The molecule has 0 aliphatic rings. The third kappa shape index (κ3) is 5.00. The molecule has 0 radical (unpaired) electrons. The quantitative estimate of drug-likeness (QED) is 0.880. The normalized spacial score (nSPS) is 11.6. The fraction of sp³-hybridized carbons (Fsp3) is 0.467. The van der Waals surface area contributed by atoms with E-state index in [0.29, 0.717) is 19.4 Å². The van der Waals surface area contributed by atoms with E-state index < -0.39 is 11.7 Å². The van der Waals surface area contributed by atoms with Gasteiger partial charge in [0.05, 0.1) is 23.3 Å². The molecule has 0 amide bonds. The van der Waals surface area contributed by atoms with E-state index in [9.17, 15) is 13.2 Å². The monoisotopic (exact) mass is 295 g/mol. The summed E-state index contributed by atoms with van der Waals surface area (Å²) in [5.74, 6) is 0. The van der Waals surface area contributed by atoms with Gasteiger partial charge in [0.2, 0.25) is 0 Å². The summed E-state index contributed by atoms with van der Waals surface area (Å²) in [5.41, 5.74) is -1.23. The Morgan fingerprint density at radius 1 is 1.19 bits per heavy atom. The van der Waals surface area contributed by atoms with Crippen LogP contribution in [-0.4, -0.2) is 6.54 Å². The summed E-state index contributed by atoms with van der Waals surface area (Å²) >= 11 is 0. The second-order valence-electron chi connectivity index (χ2n) is 5.55. The van der Waals surface area contributed by atoms with Crippen molar-refractivity contribution < 1.29 is 13.2 Å². The summed E-state index contributed by atoms with van der Waals surface area (Å²) in [5, 5.41) is 20.1. The maximum atomic E-state index is 13.0. The topological polar surface area (TPSA) is 59.6 Å². The third-order valence-electron chi connectivity index (χ3n) is 3.13. The summed E-state index contributed by atoms with van der Waals surface area (Å²) in [4.78, 5) is 0. The molecule has 0 atom stereocenters. The van der Waals surface area contributed by atoms with Gasteiger partial charge < -0.3 is 5.32 Å². The molecule has 1 N–H and O–H groups in total. The second-order valence-corrected chi connectivity index (χ2v) is 5.55. The molecule has 21 heavy (non-hydrogen) atoms. The Morgan fingerprint density at radius 2 is 1.86 bits per heavy atom. The highest BCUT2D eigenvalue weighted by atomic mass is 19.4. The van der Waals surface area contributed by atoms with Crippen LogP contribution in [0.3, 0.4) is 0 Å². The van der Waals surface area contributed by atoms with E-state index in [1.54, 1.807) is 6.07 Å². The van der Waals surface area contributed by atoms with Gasteiger partial charge in [-0.25, -0.2) is 0 Å².